The van der Waals surface area contributed by atoms with Gasteiger partial charge in [-0.1, -0.05) is 0 Å². The Morgan fingerprint density at radius 3 is 2.46 bits per heavy atom. The molecule has 1 fully saturated rings. The molecule has 0 aromatic carbocycles. The first-order valence-electron chi connectivity index (χ1n) is 7.38. The summed E-state index contributed by atoms with van der Waals surface area (Å²) in [5.41, 5.74) is -0.469. The number of carbonyl (C=O) groups excluding carboxylic acids is 3. The quantitative estimate of drug-likeness (QED) is 0.518. The van der Waals surface area contributed by atoms with E-state index in [0.717, 1.165) is 4.90 Å². The van der Waals surface area contributed by atoms with E-state index in [1.165, 1.54) is 14.0 Å². The van der Waals surface area contributed by atoms with Crippen molar-refractivity contribution in [1.82, 2.24) is 4.90 Å². The van der Waals surface area contributed by atoms with Gasteiger partial charge in [0.1, 0.15) is 23.3 Å². The fourth-order valence-electron chi connectivity index (χ4n) is 2.51. The molecule has 0 aromatic heterocycles. The zero-order chi connectivity index (χ0) is 18.2. The average Bonchev–Trinajstić information content (AvgIpc) is 2.43. The summed E-state index contributed by atoms with van der Waals surface area (Å²) in [6.45, 7) is 6.11. The van der Waals surface area contributed by atoms with Crippen molar-refractivity contribution >= 4 is 28.6 Å². The van der Waals surface area contributed by atoms with Gasteiger partial charge >= 0.3 is 11.9 Å². The minimum absolute atomic E-state index is 0.00549. The van der Waals surface area contributed by atoms with Crippen LogP contribution in [0.3, 0.4) is 0 Å². The summed E-state index contributed by atoms with van der Waals surface area (Å²) in [4.78, 5) is 37.0. The monoisotopic (exact) mass is 359 g/mol. The molecule has 9 heteroatoms. The minimum atomic E-state index is -1.46. The molecule has 1 amide bonds. The molecule has 0 bridgehead atoms. The van der Waals surface area contributed by atoms with Crippen molar-refractivity contribution in [3.8, 4) is 0 Å². The Balaban J connectivity index is 2.40. The number of carbonyl (C=O) groups is 3. The molecule has 2 aliphatic heterocycles. The summed E-state index contributed by atoms with van der Waals surface area (Å²) in [5.74, 6) is -1.70. The topological polar surface area (TPSA) is 99.2 Å². The van der Waals surface area contributed by atoms with Crippen molar-refractivity contribution in [3.05, 3.63) is 11.3 Å². The number of hydrogen-bond donors (Lipinski definition) is 0. The number of ether oxygens (including phenoxy) is 3. The van der Waals surface area contributed by atoms with Gasteiger partial charge in [0.25, 0.3) is 5.91 Å². The average molecular weight is 359 g/mol. The SMILES string of the molecule is CO[C@H]1C(=O)N2C(C(=O)OC(C)(C)C)=C(COC(C)=O)C[S@@](=O)[C@H]12. The minimum Gasteiger partial charge on any atom is -0.461 e. The van der Waals surface area contributed by atoms with Crippen molar-refractivity contribution in [2.24, 2.45) is 0 Å². The molecule has 0 unspecified atom stereocenters. The van der Waals surface area contributed by atoms with Gasteiger partial charge in [-0.05, 0) is 20.8 Å². The molecule has 2 rings (SSSR count). The lowest BCUT2D eigenvalue weighted by Crippen LogP contribution is -2.69. The highest BCUT2D eigenvalue weighted by atomic mass is 32.2. The first-order valence-corrected chi connectivity index (χ1v) is 8.77. The second-order valence-corrected chi connectivity index (χ2v) is 8.05. The van der Waals surface area contributed by atoms with Crippen molar-refractivity contribution in [1.29, 1.82) is 0 Å². The number of nitrogens with zero attached hydrogens (tertiary/aromatic N) is 1. The van der Waals surface area contributed by atoms with E-state index < -0.39 is 45.7 Å². The zero-order valence-electron chi connectivity index (χ0n) is 14.3. The van der Waals surface area contributed by atoms with Crippen molar-refractivity contribution in [2.75, 3.05) is 19.5 Å². The van der Waals surface area contributed by atoms with Gasteiger partial charge in [-0.2, -0.15) is 0 Å². The molecule has 2 heterocycles. The number of methoxy groups -OCH3 is 1. The first kappa shape index (κ1) is 18.6. The maximum Gasteiger partial charge on any atom is 0.355 e. The lowest BCUT2D eigenvalue weighted by Gasteiger charge is -2.48. The Kier molecular flexibility index (Phi) is 5.14. The molecule has 1 saturated heterocycles. The van der Waals surface area contributed by atoms with Gasteiger partial charge in [0.05, 0.1) is 16.6 Å². The molecule has 0 N–H and O–H groups in total. The number of esters is 2. The Bertz CT molecular complexity index is 634. The van der Waals surface area contributed by atoms with E-state index in [4.69, 9.17) is 14.2 Å². The van der Waals surface area contributed by atoms with Gasteiger partial charge in [-0.15, -0.1) is 0 Å². The van der Waals surface area contributed by atoms with E-state index in [1.54, 1.807) is 20.8 Å². The van der Waals surface area contributed by atoms with Crippen molar-refractivity contribution < 1.29 is 32.8 Å². The van der Waals surface area contributed by atoms with Crippen LogP contribution in [0.5, 0.6) is 0 Å². The maximum atomic E-state index is 12.6. The Morgan fingerprint density at radius 1 is 1.33 bits per heavy atom. The molecule has 0 saturated carbocycles. The van der Waals surface area contributed by atoms with E-state index in [2.05, 4.69) is 0 Å². The standard InChI is InChI=1S/C15H21NO7S/c1-8(17)22-6-9-7-24(20)13-11(21-5)12(18)16(13)10(9)14(19)23-15(2,3)4/h11,13H,6-7H2,1-5H3/t11-,13+,24+/m0/s1. The third kappa shape index (κ3) is 3.51. The highest BCUT2D eigenvalue weighted by Crippen LogP contribution is 2.37. The fraction of sp³-hybridized carbons (Fsp3) is 0.667. The Labute approximate surface area is 142 Å². The molecule has 0 spiro atoms. The van der Waals surface area contributed by atoms with Crippen LogP contribution in [0.2, 0.25) is 0 Å². The normalized spacial score (nSPS) is 26.6. The van der Waals surface area contributed by atoms with Gasteiger partial charge in [-0.25, -0.2) is 4.79 Å². The summed E-state index contributed by atoms with van der Waals surface area (Å²) < 4.78 is 27.7. The van der Waals surface area contributed by atoms with Crippen LogP contribution in [0, 0.1) is 0 Å². The lowest BCUT2D eigenvalue weighted by molar-refractivity contribution is -0.167. The van der Waals surface area contributed by atoms with E-state index in [-0.39, 0.29) is 18.1 Å². The highest BCUT2D eigenvalue weighted by Gasteiger charge is 2.57. The van der Waals surface area contributed by atoms with Gasteiger partial charge in [-0.3, -0.25) is 18.7 Å². The first-order chi connectivity index (χ1) is 11.1. The summed E-state index contributed by atoms with van der Waals surface area (Å²) in [7, 11) is -0.111. The van der Waals surface area contributed by atoms with Crippen LogP contribution in [0.15, 0.2) is 11.3 Å². The Hall–Kier alpha value is -1.74. The van der Waals surface area contributed by atoms with Gasteiger partial charge in [0.15, 0.2) is 6.10 Å². The smallest absolute Gasteiger partial charge is 0.355 e. The van der Waals surface area contributed by atoms with Crippen LogP contribution < -0.4 is 0 Å². The van der Waals surface area contributed by atoms with Gasteiger partial charge in [0.2, 0.25) is 0 Å². The van der Waals surface area contributed by atoms with Gasteiger partial charge < -0.3 is 14.2 Å². The van der Waals surface area contributed by atoms with Crippen molar-refractivity contribution in [2.45, 2.75) is 44.8 Å². The van der Waals surface area contributed by atoms with Crippen molar-refractivity contribution in [3.63, 3.8) is 0 Å². The van der Waals surface area contributed by atoms with Crippen LogP contribution in [0.25, 0.3) is 0 Å². The molecule has 3 atom stereocenters. The second kappa shape index (κ2) is 6.64. The highest BCUT2D eigenvalue weighted by molar-refractivity contribution is 7.86. The summed E-state index contributed by atoms with van der Waals surface area (Å²) in [6.07, 6.45) is -0.849. The predicted octanol–water partition coefficient (Wildman–Crippen LogP) is 0.0909. The van der Waals surface area contributed by atoms with E-state index in [0.29, 0.717) is 5.57 Å². The van der Waals surface area contributed by atoms with Crippen LogP contribution in [-0.2, 0) is 39.4 Å². The molecule has 134 valence electrons. The molecule has 2 aliphatic rings. The molecule has 0 radical (unpaired) electrons. The zero-order valence-corrected chi connectivity index (χ0v) is 15.1. The molecule has 24 heavy (non-hydrogen) atoms. The second-order valence-electron chi connectivity index (χ2n) is 6.51. The fourth-order valence-corrected chi connectivity index (χ4v) is 4.19. The maximum absolute atomic E-state index is 12.6. The van der Waals surface area contributed by atoms with Gasteiger partial charge in [0, 0.05) is 19.6 Å². The lowest BCUT2D eigenvalue weighted by atomic mass is 10.1. The predicted molar refractivity (Wildman–Crippen MR) is 83.9 cm³/mol. The molecular weight excluding hydrogens is 338 g/mol. The third-order valence-electron chi connectivity index (χ3n) is 3.45. The molecular formula is C15H21NO7S. The number of fused-ring (bicyclic) bond motifs is 1. The number of β-lactam (4-membered cyclic amide) rings is 1. The van der Waals surface area contributed by atoms with Crippen LogP contribution in [-0.4, -0.2) is 63.5 Å². The van der Waals surface area contributed by atoms with E-state index >= 15 is 0 Å². The van der Waals surface area contributed by atoms with E-state index in [1.807, 2.05) is 0 Å². The van der Waals surface area contributed by atoms with Crippen LogP contribution in [0.1, 0.15) is 27.7 Å². The summed E-state index contributed by atoms with van der Waals surface area (Å²) in [6, 6.07) is 0. The number of amides is 1. The number of rotatable bonds is 4. The Morgan fingerprint density at radius 2 is 1.96 bits per heavy atom. The van der Waals surface area contributed by atoms with Crippen LogP contribution in [0.4, 0.5) is 0 Å². The van der Waals surface area contributed by atoms with E-state index in [9.17, 15) is 18.6 Å². The molecule has 8 nitrogen and oxygen atoms in total. The third-order valence-corrected chi connectivity index (χ3v) is 5.08. The summed E-state index contributed by atoms with van der Waals surface area (Å²) in [5, 5.41) is -0.730. The molecule has 0 aliphatic carbocycles. The van der Waals surface area contributed by atoms with Crippen LogP contribution >= 0.6 is 0 Å². The number of hydrogen-bond acceptors (Lipinski definition) is 7. The molecule has 0 aromatic rings. The summed E-state index contributed by atoms with van der Waals surface area (Å²) >= 11 is 0. The largest absolute Gasteiger partial charge is 0.461 e.